The largest absolute Gasteiger partial charge is 0.465 e. The van der Waals surface area contributed by atoms with Gasteiger partial charge in [0.2, 0.25) is 5.91 Å². The standard InChI is InChI=1S/C7H13N3O3/c8-5-3-4(6(9)11)1-2-10(5)7(12)13/h4-5H,1-3,8H2,(H2,9,11)(H,12,13). The molecule has 0 aromatic carbocycles. The molecule has 5 N–H and O–H groups in total. The van der Waals surface area contributed by atoms with Crippen LogP contribution in [0.4, 0.5) is 4.79 Å². The Labute approximate surface area is 75.5 Å². The predicted octanol–water partition coefficient (Wildman–Crippen LogP) is -0.853. The zero-order valence-electron chi connectivity index (χ0n) is 7.14. The molecule has 0 spiro atoms. The molecular formula is C7H13N3O3. The van der Waals surface area contributed by atoms with E-state index < -0.39 is 18.2 Å². The fourth-order valence-corrected chi connectivity index (χ4v) is 1.49. The number of likely N-dealkylation sites (tertiary alicyclic amines) is 1. The van der Waals surface area contributed by atoms with E-state index in [2.05, 4.69) is 0 Å². The number of amides is 2. The van der Waals surface area contributed by atoms with Gasteiger partial charge in [0, 0.05) is 12.5 Å². The maximum Gasteiger partial charge on any atom is 0.408 e. The topological polar surface area (TPSA) is 110 Å². The lowest BCUT2D eigenvalue weighted by molar-refractivity contribution is -0.123. The van der Waals surface area contributed by atoms with E-state index >= 15 is 0 Å². The lowest BCUT2D eigenvalue weighted by Crippen LogP contribution is -2.52. The minimum Gasteiger partial charge on any atom is -0.465 e. The van der Waals surface area contributed by atoms with E-state index in [0.717, 1.165) is 4.90 Å². The number of carbonyl (C=O) groups excluding carboxylic acids is 1. The molecule has 1 fully saturated rings. The van der Waals surface area contributed by atoms with Crippen molar-refractivity contribution >= 4 is 12.0 Å². The Kier molecular flexibility index (Phi) is 2.72. The Morgan fingerprint density at radius 1 is 1.46 bits per heavy atom. The molecule has 0 radical (unpaired) electrons. The van der Waals surface area contributed by atoms with Gasteiger partial charge in [-0.25, -0.2) is 4.79 Å². The molecule has 0 aromatic heterocycles. The predicted molar refractivity (Wildman–Crippen MR) is 44.6 cm³/mol. The van der Waals surface area contributed by atoms with Crippen molar-refractivity contribution in [3.63, 3.8) is 0 Å². The third-order valence-corrected chi connectivity index (χ3v) is 2.29. The Bertz CT molecular complexity index is 231. The number of carbonyl (C=O) groups is 2. The number of hydrogen-bond acceptors (Lipinski definition) is 3. The maximum absolute atomic E-state index is 10.8. The van der Waals surface area contributed by atoms with Crippen LogP contribution in [0.1, 0.15) is 12.8 Å². The fourth-order valence-electron chi connectivity index (χ4n) is 1.49. The van der Waals surface area contributed by atoms with Crippen LogP contribution in [0.2, 0.25) is 0 Å². The first-order valence-corrected chi connectivity index (χ1v) is 4.07. The molecule has 1 aliphatic rings. The summed E-state index contributed by atoms with van der Waals surface area (Å²) in [6, 6.07) is 0. The van der Waals surface area contributed by atoms with Crippen molar-refractivity contribution in [3.05, 3.63) is 0 Å². The van der Waals surface area contributed by atoms with Crippen molar-refractivity contribution < 1.29 is 14.7 Å². The van der Waals surface area contributed by atoms with Crippen molar-refractivity contribution in [2.75, 3.05) is 6.54 Å². The van der Waals surface area contributed by atoms with E-state index in [0.29, 0.717) is 12.8 Å². The lowest BCUT2D eigenvalue weighted by atomic mass is 9.94. The highest BCUT2D eigenvalue weighted by atomic mass is 16.4. The third kappa shape index (κ3) is 2.09. The Balaban J connectivity index is 2.56. The third-order valence-electron chi connectivity index (χ3n) is 2.29. The molecule has 2 amide bonds. The summed E-state index contributed by atoms with van der Waals surface area (Å²) >= 11 is 0. The van der Waals surface area contributed by atoms with Crippen LogP contribution in [-0.2, 0) is 4.79 Å². The smallest absolute Gasteiger partial charge is 0.408 e. The van der Waals surface area contributed by atoms with Crippen LogP contribution in [0, 0.1) is 5.92 Å². The zero-order chi connectivity index (χ0) is 10.0. The first kappa shape index (κ1) is 9.79. The first-order chi connectivity index (χ1) is 6.02. The molecule has 0 aromatic rings. The second kappa shape index (κ2) is 3.61. The molecular weight excluding hydrogens is 174 g/mol. The number of nitrogens with zero attached hydrogens (tertiary/aromatic N) is 1. The molecule has 2 unspecified atom stereocenters. The number of rotatable bonds is 1. The second-order valence-electron chi connectivity index (χ2n) is 3.17. The van der Waals surface area contributed by atoms with Gasteiger partial charge in [-0.1, -0.05) is 0 Å². The van der Waals surface area contributed by atoms with Crippen LogP contribution < -0.4 is 11.5 Å². The van der Waals surface area contributed by atoms with Gasteiger partial charge in [0.25, 0.3) is 0 Å². The van der Waals surface area contributed by atoms with Gasteiger partial charge in [-0.15, -0.1) is 0 Å². The molecule has 6 heteroatoms. The molecule has 1 heterocycles. The maximum atomic E-state index is 10.8. The molecule has 0 aliphatic carbocycles. The van der Waals surface area contributed by atoms with Crippen molar-refractivity contribution in [2.24, 2.45) is 17.4 Å². The minimum absolute atomic E-state index is 0.282. The highest BCUT2D eigenvalue weighted by Gasteiger charge is 2.31. The summed E-state index contributed by atoms with van der Waals surface area (Å²) in [5.41, 5.74) is 10.6. The van der Waals surface area contributed by atoms with Gasteiger partial charge in [-0.3, -0.25) is 9.69 Å². The molecule has 1 saturated heterocycles. The Hall–Kier alpha value is -1.30. The van der Waals surface area contributed by atoms with Gasteiger partial charge in [-0.2, -0.15) is 0 Å². The average molecular weight is 187 g/mol. The number of primary amides is 1. The highest BCUT2D eigenvalue weighted by Crippen LogP contribution is 2.19. The summed E-state index contributed by atoms with van der Waals surface area (Å²) in [5, 5.41) is 8.66. The van der Waals surface area contributed by atoms with E-state index in [-0.39, 0.29) is 12.5 Å². The van der Waals surface area contributed by atoms with E-state index in [1.165, 1.54) is 0 Å². The van der Waals surface area contributed by atoms with E-state index in [4.69, 9.17) is 16.6 Å². The minimum atomic E-state index is -1.05. The number of carboxylic acid groups (broad SMARTS) is 1. The van der Waals surface area contributed by atoms with Crippen LogP contribution in [0.15, 0.2) is 0 Å². The van der Waals surface area contributed by atoms with Crippen molar-refractivity contribution in [2.45, 2.75) is 19.0 Å². The molecule has 0 saturated carbocycles. The molecule has 6 nitrogen and oxygen atoms in total. The van der Waals surface area contributed by atoms with Crippen LogP contribution in [0.5, 0.6) is 0 Å². The molecule has 1 rings (SSSR count). The van der Waals surface area contributed by atoms with Gasteiger partial charge in [-0.05, 0) is 12.8 Å². The van der Waals surface area contributed by atoms with Crippen molar-refractivity contribution in [3.8, 4) is 0 Å². The van der Waals surface area contributed by atoms with Crippen LogP contribution in [0.25, 0.3) is 0 Å². The Morgan fingerprint density at radius 3 is 2.46 bits per heavy atom. The van der Waals surface area contributed by atoms with Gasteiger partial charge in [0.1, 0.15) is 0 Å². The van der Waals surface area contributed by atoms with Crippen LogP contribution in [-0.4, -0.2) is 34.7 Å². The van der Waals surface area contributed by atoms with Crippen LogP contribution in [0.3, 0.4) is 0 Å². The first-order valence-electron chi connectivity index (χ1n) is 4.07. The summed E-state index contributed by atoms with van der Waals surface area (Å²) in [6.45, 7) is 0.282. The lowest BCUT2D eigenvalue weighted by Gasteiger charge is -2.34. The van der Waals surface area contributed by atoms with Gasteiger partial charge in [0.15, 0.2) is 0 Å². The summed E-state index contributed by atoms with van der Waals surface area (Å²) in [5.74, 6) is -0.689. The summed E-state index contributed by atoms with van der Waals surface area (Å²) in [7, 11) is 0. The molecule has 1 aliphatic heterocycles. The quantitative estimate of drug-likeness (QED) is 0.496. The van der Waals surface area contributed by atoms with E-state index in [1.54, 1.807) is 0 Å². The molecule has 0 bridgehead atoms. The van der Waals surface area contributed by atoms with E-state index in [9.17, 15) is 9.59 Å². The second-order valence-corrected chi connectivity index (χ2v) is 3.17. The normalized spacial score (nSPS) is 28.5. The van der Waals surface area contributed by atoms with E-state index in [1.807, 2.05) is 0 Å². The number of nitrogens with two attached hydrogens (primary N) is 2. The Morgan fingerprint density at radius 2 is 2.08 bits per heavy atom. The van der Waals surface area contributed by atoms with Gasteiger partial charge >= 0.3 is 6.09 Å². The SMILES string of the molecule is NC(=O)C1CCN(C(=O)O)C(N)C1. The molecule has 2 atom stereocenters. The number of hydrogen-bond donors (Lipinski definition) is 3. The average Bonchev–Trinajstić information content (AvgIpc) is 2.03. The van der Waals surface area contributed by atoms with Crippen LogP contribution >= 0.6 is 0 Å². The fraction of sp³-hybridized carbons (Fsp3) is 0.714. The zero-order valence-corrected chi connectivity index (χ0v) is 7.14. The summed E-state index contributed by atoms with van der Waals surface area (Å²) in [4.78, 5) is 22.5. The molecule has 74 valence electrons. The molecule has 13 heavy (non-hydrogen) atoms. The summed E-state index contributed by atoms with van der Waals surface area (Å²) < 4.78 is 0. The van der Waals surface area contributed by atoms with Crippen molar-refractivity contribution in [1.82, 2.24) is 4.90 Å². The summed E-state index contributed by atoms with van der Waals surface area (Å²) in [6.07, 6.45) is -0.865. The monoisotopic (exact) mass is 187 g/mol. The van der Waals surface area contributed by atoms with Gasteiger partial charge in [0.05, 0.1) is 6.17 Å². The number of piperidine rings is 1. The van der Waals surface area contributed by atoms with Crippen molar-refractivity contribution in [1.29, 1.82) is 0 Å². The van der Waals surface area contributed by atoms with Gasteiger partial charge < -0.3 is 16.6 Å². The highest BCUT2D eigenvalue weighted by molar-refractivity contribution is 5.77.